The van der Waals surface area contributed by atoms with Gasteiger partial charge in [0.2, 0.25) is 10.0 Å². The molecule has 0 aromatic heterocycles. The van der Waals surface area contributed by atoms with Crippen LogP contribution in [0.15, 0.2) is 24.3 Å². The third kappa shape index (κ3) is 5.19. The van der Waals surface area contributed by atoms with E-state index in [1.54, 1.807) is 12.1 Å². The minimum atomic E-state index is -3.35. The Morgan fingerprint density at radius 3 is 2.27 bits per heavy atom. The largest absolute Gasteiger partial charge is 0.334 e. The topological polar surface area (TPSA) is 121 Å². The van der Waals surface area contributed by atoms with Crippen LogP contribution in [0.2, 0.25) is 0 Å². The van der Waals surface area contributed by atoms with Gasteiger partial charge in [0.25, 0.3) is 0 Å². The van der Waals surface area contributed by atoms with E-state index in [4.69, 9.17) is 0 Å². The van der Waals surface area contributed by atoms with Crippen LogP contribution in [0.5, 0.6) is 0 Å². The summed E-state index contributed by atoms with van der Waals surface area (Å²) in [5, 5.41) is 5.16. The third-order valence-electron chi connectivity index (χ3n) is 3.01. The highest BCUT2D eigenvalue weighted by molar-refractivity contribution is 7.92. The highest BCUT2D eigenvalue weighted by atomic mass is 32.2. The minimum Gasteiger partial charge on any atom is -0.334 e. The maximum Gasteiger partial charge on any atom is 0.319 e. The number of nitrogens with one attached hydrogen (secondary N) is 3. The molecule has 2 amide bonds. The summed E-state index contributed by atoms with van der Waals surface area (Å²) in [6.45, 7) is 0. The fourth-order valence-corrected chi connectivity index (χ4v) is 4.33. The standard InChI is InChI=1S/C12H17N3O5S2/c1-21(17,18)15-10-4-2-9(3-5-10)13-12(16)14-11-6-7-22(19,20)8-11/h2-5,11,15H,6-8H2,1H3,(H2,13,14,16). The van der Waals surface area contributed by atoms with Gasteiger partial charge in [0.15, 0.2) is 9.84 Å². The molecule has 0 saturated carbocycles. The van der Waals surface area contributed by atoms with E-state index < -0.39 is 25.9 Å². The first-order valence-corrected chi connectivity index (χ1v) is 10.2. The van der Waals surface area contributed by atoms with Crippen LogP contribution in [-0.2, 0) is 19.9 Å². The summed E-state index contributed by atoms with van der Waals surface area (Å²) in [7, 11) is -6.39. The number of amides is 2. The number of urea groups is 1. The van der Waals surface area contributed by atoms with Crippen molar-refractivity contribution in [2.24, 2.45) is 0 Å². The van der Waals surface area contributed by atoms with Gasteiger partial charge in [-0.1, -0.05) is 0 Å². The van der Waals surface area contributed by atoms with E-state index in [1.165, 1.54) is 12.1 Å². The Balaban J connectivity index is 1.89. The number of anilines is 2. The predicted molar refractivity (Wildman–Crippen MR) is 84.1 cm³/mol. The fourth-order valence-electron chi connectivity index (χ4n) is 2.10. The van der Waals surface area contributed by atoms with Gasteiger partial charge in [0.1, 0.15) is 0 Å². The molecule has 0 spiro atoms. The van der Waals surface area contributed by atoms with Crippen LogP contribution in [0.3, 0.4) is 0 Å². The van der Waals surface area contributed by atoms with Gasteiger partial charge >= 0.3 is 6.03 Å². The average Bonchev–Trinajstić information content (AvgIpc) is 2.69. The summed E-state index contributed by atoms with van der Waals surface area (Å²) in [5.74, 6) is 0.0431. The van der Waals surface area contributed by atoms with E-state index in [-0.39, 0.29) is 17.5 Å². The Morgan fingerprint density at radius 1 is 1.18 bits per heavy atom. The molecule has 1 aromatic carbocycles. The molecule has 0 bridgehead atoms. The zero-order valence-electron chi connectivity index (χ0n) is 11.9. The van der Waals surface area contributed by atoms with E-state index >= 15 is 0 Å². The lowest BCUT2D eigenvalue weighted by molar-refractivity contribution is 0.249. The lowest BCUT2D eigenvalue weighted by atomic mass is 10.2. The normalized spacial score (nSPS) is 20.3. The van der Waals surface area contributed by atoms with Crippen molar-refractivity contribution in [1.82, 2.24) is 5.32 Å². The molecule has 1 saturated heterocycles. The zero-order valence-corrected chi connectivity index (χ0v) is 13.5. The van der Waals surface area contributed by atoms with Crippen molar-refractivity contribution in [2.45, 2.75) is 12.5 Å². The number of rotatable bonds is 4. The summed E-state index contributed by atoms with van der Waals surface area (Å²) < 4.78 is 47.1. The van der Waals surface area contributed by atoms with Gasteiger partial charge < -0.3 is 10.6 Å². The predicted octanol–water partition coefficient (Wildman–Crippen LogP) is 0.367. The number of benzene rings is 1. The van der Waals surface area contributed by atoms with E-state index in [9.17, 15) is 21.6 Å². The molecule has 10 heteroatoms. The van der Waals surface area contributed by atoms with Crippen LogP contribution in [0.25, 0.3) is 0 Å². The Bertz CT molecular complexity index is 756. The summed E-state index contributed by atoms with van der Waals surface area (Å²) in [6.07, 6.45) is 1.45. The molecule has 1 fully saturated rings. The van der Waals surface area contributed by atoms with Crippen molar-refractivity contribution < 1.29 is 21.6 Å². The van der Waals surface area contributed by atoms with Gasteiger partial charge in [-0.3, -0.25) is 4.72 Å². The molecule has 1 heterocycles. The number of carbonyl (C=O) groups excluding carboxylic acids is 1. The first-order chi connectivity index (χ1) is 10.1. The van der Waals surface area contributed by atoms with Gasteiger partial charge in [-0.15, -0.1) is 0 Å². The molecule has 3 N–H and O–H groups in total. The molecule has 1 atom stereocenters. The molecule has 8 nitrogen and oxygen atoms in total. The Labute approximate surface area is 129 Å². The molecule has 0 aliphatic carbocycles. The quantitative estimate of drug-likeness (QED) is 0.726. The number of carbonyl (C=O) groups is 1. The second-order valence-corrected chi connectivity index (χ2v) is 9.13. The molecule has 1 aromatic rings. The van der Waals surface area contributed by atoms with Gasteiger partial charge in [-0.2, -0.15) is 0 Å². The molecule has 122 valence electrons. The van der Waals surface area contributed by atoms with Crippen molar-refractivity contribution in [3.8, 4) is 0 Å². The smallest absolute Gasteiger partial charge is 0.319 e. The van der Waals surface area contributed by atoms with Crippen molar-refractivity contribution >= 4 is 37.3 Å². The van der Waals surface area contributed by atoms with Crippen molar-refractivity contribution in [2.75, 3.05) is 27.8 Å². The van der Waals surface area contributed by atoms with Crippen molar-refractivity contribution in [1.29, 1.82) is 0 Å². The summed E-state index contributed by atoms with van der Waals surface area (Å²) in [4.78, 5) is 11.8. The summed E-state index contributed by atoms with van der Waals surface area (Å²) in [5.41, 5.74) is 0.854. The third-order valence-corrected chi connectivity index (χ3v) is 5.39. The zero-order chi connectivity index (χ0) is 16.4. The molecular weight excluding hydrogens is 330 g/mol. The molecule has 0 radical (unpaired) electrons. The highest BCUT2D eigenvalue weighted by Crippen LogP contribution is 2.15. The van der Waals surface area contributed by atoms with Crippen LogP contribution >= 0.6 is 0 Å². The molecule has 22 heavy (non-hydrogen) atoms. The lowest BCUT2D eigenvalue weighted by Crippen LogP contribution is -2.38. The maximum absolute atomic E-state index is 11.8. The van der Waals surface area contributed by atoms with Crippen LogP contribution < -0.4 is 15.4 Å². The molecular formula is C12H17N3O5S2. The van der Waals surface area contributed by atoms with Crippen LogP contribution in [0.1, 0.15) is 6.42 Å². The van der Waals surface area contributed by atoms with E-state index in [2.05, 4.69) is 15.4 Å². The lowest BCUT2D eigenvalue weighted by Gasteiger charge is -2.12. The highest BCUT2D eigenvalue weighted by Gasteiger charge is 2.28. The van der Waals surface area contributed by atoms with Gasteiger partial charge in [0, 0.05) is 17.4 Å². The Hall–Kier alpha value is -1.81. The van der Waals surface area contributed by atoms with Crippen molar-refractivity contribution in [3.63, 3.8) is 0 Å². The summed E-state index contributed by atoms with van der Waals surface area (Å²) >= 11 is 0. The van der Waals surface area contributed by atoms with Crippen LogP contribution in [0.4, 0.5) is 16.2 Å². The van der Waals surface area contributed by atoms with Crippen molar-refractivity contribution in [3.05, 3.63) is 24.3 Å². The number of sulfone groups is 1. The Morgan fingerprint density at radius 2 is 1.77 bits per heavy atom. The number of sulfonamides is 1. The van der Waals surface area contributed by atoms with E-state index in [1.807, 2.05) is 0 Å². The molecule has 1 unspecified atom stereocenters. The first kappa shape index (κ1) is 16.6. The van der Waals surface area contributed by atoms with E-state index in [0.717, 1.165) is 6.26 Å². The molecule has 2 rings (SSSR count). The first-order valence-electron chi connectivity index (χ1n) is 6.49. The SMILES string of the molecule is CS(=O)(=O)Nc1ccc(NC(=O)NC2CCS(=O)(=O)C2)cc1. The number of hydrogen-bond donors (Lipinski definition) is 3. The Kier molecular flexibility index (Phi) is 4.61. The van der Waals surface area contributed by atoms with Gasteiger partial charge in [-0.05, 0) is 30.7 Å². The van der Waals surface area contributed by atoms with Gasteiger partial charge in [0.05, 0.1) is 17.8 Å². The van der Waals surface area contributed by atoms with Crippen LogP contribution in [-0.4, -0.2) is 46.7 Å². The fraction of sp³-hybridized carbons (Fsp3) is 0.417. The summed E-state index contributed by atoms with van der Waals surface area (Å²) in [6, 6.07) is 5.23. The second kappa shape index (κ2) is 6.13. The van der Waals surface area contributed by atoms with Gasteiger partial charge in [-0.25, -0.2) is 21.6 Å². The second-order valence-electron chi connectivity index (χ2n) is 5.15. The van der Waals surface area contributed by atoms with Crippen LogP contribution in [0, 0.1) is 0 Å². The number of hydrogen-bond acceptors (Lipinski definition) is 5. The molecule has 1 aliphatic rings. The average molecular weight is 347 g/mol. The maximum atomic E-state index is 11.8. The van der Waals surface area contributed by atoms with E-state index in [0.29, 0.717) is 17.8 Å². The minimum absolute atomic E-state index is 0.0440. The monoisotopic (exact) mass is 347 g/mol. The molecule has 1 aliphatic heterocycles.